The summed E-state index contributed by atoms with van der Waals surface area (Å²) in [5, 5.41) is 1.04. The van der Waals surface area contributed by atoms with E-state index in [0.717, 1.165) is 54.9 Å². The first-order chi connectivity index (χ1) is 13.6. The molecule has 1 aromatic carbocycles. The number of fused-ring (bicyclic) bond motifs is 1. The van der Waals surface area contributed by atoms with Gasteiger partial charge >= 0.3 is 0 Å². The molecule has 2 fully saturated rings. The Morgan fingerprint density at radius 2 is 2.07 bits per heavy atom. The van der Waals surface area contributed by atoms with Gasteiger partial charge in [0.05, 0.1) is 11.8 Å². The van der Waals surface area contributed by atoms with Gasteiger partial charge in [-0.25, -0.2) is 9.97 Å². The molecule has 1 spiro atoms. The quantitative estimate of drug-likeness (QED) is 0.684. The molecule has 1 amide bonds. The lowest BCUT2D eigenvalue weighted by Crippen LogP contribution is -2.37. The molecule has 1 saturated heterocycles. The van der Waals surface area contributed by atoms with Crippen molar-refractivity contribution < 1.29 is 4.79 Å². The van der Waals surface area contributed by atoms with Gasteiger partial charge in [0.1, 0.15) is 17.8 Å². The van der Waals surface area contributed by atoms with Gasteiger partial charge in [0.25, 0.3) is 0 Å². The van der Waals surface area contributed by atoms with E-state index < -0.39 is 0 Å². The average Bonchev–Trinajstić information content (AvgIpc) is 3.32. The van der Waals surface area contributed by atoms with Gasteiger partial charge in [0, 0.05) is 43.5 Å². The van der Waals surface area contributed by atoms with Crippen LogP contribution in [-0.4, -0.2) is 51.9 Å². The number of nitrogens with zero attached hydrogens (tertiary/aromatic N) is 4. The predicted octanol–water partition coefficient (Wildman–Crippen LogP) is 2.21. The summed E-state index contributed by atoms with van der Waals surface area (Å²) < 4.78 is 0. The zero-order valence-electron chi connectivity index (χ0n) is 15.8. The van der Waals surface area contributed by atoms with Gasteiger partial charge < -0.3 is 20.5 Å². The molecular formula is C21H24N6O. The number of hydrogen-bond donors (Lipinski definition) is 2. The standard InChI is InChI=1S/C21H24N6O/c22-16-3-1-2-15(10-16)11-18(28)26-8-9-27(13-21(12-26)5-6-21)20-17-4-7-23-19(17)24-14-25-20/h1-4,7,10,14H,5-6,8-9,11-13,22H2,(H,23,24,25). The van der Waals surface area contributed by atoms with E-state index in [1.165, 1.54) is 0 Å². The first-order valence-corrected chi connectivity index (χ1v) is 9.77. The molecule has 144 valence electrons. The lowest BCUT2D eigenvalue weighted by Gasteiger charge is -2.25. The smallest absolute Gasteiger partial charge is 0.227 e. The predicted molar refractivity (Wildman–Crippen MR) is 109 cm³/mol. The maximum absolute atomic E-state index is 13.0. The maximum Gasteiger partial charge on any atom is 0.227 e. The van der Waals surface area contributed by atoms with Crippen LogP contribution in [0.4, 0.5) is 11.5 Å². The van der Waals surface area contributed by atoms with Gasteiger partial charge in [-0.2, -0.15) is 0 Å². The number of H-pyrrole nitrogens is 1. The number of anilines is 2. The van der Waals surface area contributed by atoms with Gasteiger partial charge in [-0.3, -0.25) is 4.79 Å². The monoisotopic (exact) mass is 376 g/mol. The lowest BCUT2D eigenvalue weighted by atomic mass is 10.1. The number of nitrogens with one attached hydrogen (secondary N) is 1. The third kappa shape index (κ3) is 3.17. The van der Waals surface area contributed by atoms with Gasteiger partial charge in [-0.05, 0) is 36.6 Å². The number of benzene rings is 1. The van der Waals surface area contributed by atoms with E-state index in [1.807, 2.05) is 41.4 Å². The number of carbonyl (C=O) groups is 1. The molecule has 7 nitrogen and oxygen atoms in total. The first kappa shape index (κ1) is 17.0. The van der Waals surface area contributed by atoms with Crippen LogP contribution in [0.15, 0.2) is 42.9 Å². The fraction of sp³-hybridized carbons (Fsp3) is 0.381. The number of nitrogens with two attached hydrogens (primary N) is 1. The Kier molecular flexibility index (Phi) is 3.96. The highest BCUT2D eigenvalue weighted by Gasteiger charge is 2.47. The van der Waals surface area contributed by atoms with Crippen molar-refractivity contribution in [2.45, 2.75) is 19.3 Å². The second-order valence-corrected chi connectivity index (χ2v) is 8.10. The first-order valence-electron chi connectivity index (χ1n) is 9.77. The molecule has 0 radical (unpaired) electrons. The summed E-state index contributed by atoms with van der Waals surface area (Å²) in [7, 11) is 0. The van der Waals surface area contributed by atoms with Gasteiger partial charge in [0.15, 0.2) is 0 Å². The second kappa shape index (κ2) is 6.51. The van der Waals surface area contributed by atoms with Crippen molar-refractivity contribution in [1.29, 1.82) is 0 Å². The van der Waals surface area contributed by atoms with Crippen molar-refractivity contribution >= 4 is 28.4 Å². The molecule has 0 bridgehead atoms. The van der Waals surface area contributed by atoms with Gasteiger partial charge in [-0.15, -0.1) is 0 Å². The molecule has 0 atom stereocenters. The van der Waals surface area contributed by atoms with Crippen molar-refractivity contribution in [3.8, 4) is 0 Å². The Bertz CT molecular complexity index is 1020. The highest BCUT2D eigenvalue weighted by molar-refractivity contribution is 5.87. The Labute approximate surface area is 163 Å². The third-order valence-electron chi connectivity index (χ3n) is 5.94. The molecule has 1 saturated carbocycles. The summed E-state index contributed by atoms with van der Waals surface area (Å²) in [5.41, 5.74) is 8.58. The minimum Gasteiger partial charge on any atom is -0.399 e. The molecule has 3 aromatic rings. The molecule has 1 aliphatic carbocycles. The lowest BCUT2D eigenvalue weighted by molar-refractivity contribution is -0.130. The fourth-order valence-corrected chi connectivity index (χ4v) is 4.25. The fourth-order valence-electron chi connectivity index (χ4n) is 4.25. The van der Waals surface area contributed by atoms with Gasteiger partial charge in [0.2, 0.25) is 5.91 Å². The SMILES string of the molecule is Nc1cccc(CC(=O)N2CCN(c3ncnc4[nH]ccc34)CC3(CC3)C2)c1. The molecule has 2 aliphatic rings. The number of amides is 1. The van der Waals surface area contributed by atoms with Crippen molar-refractivity contribution in [2.24, 2.45) is 5.41 Å². The Morgan fingerprint density at radius 1 is 1.18 bits per heavy atom. The third-order valence-corrected chi connectivity index (χ3v) is 5.94. The van der Waals surface area contributed by atoms with Crippen LogP contribution in [0.3, 0.4) is 0 Å². The summed E-state index contributed by atoms with van der Waals surface area (Å²) in [6.07, 6.45) is 6.23. The summed E-state index contributed by atoms with van der Waals surface area (Å²) in [4.78, 5) is 29.4. The van der Waals surface area contributed by atoms with E-state index in [2.05, 4.69) is 19.9 Å². The highest BCUT2D eigenvalue weighted by atomic mass is 16.2. The zero-order valence-corrected chi connectivity index (χ0v) is 15.8. The van der Waals surface area contributed by atoms with E-state index in [9.17, 15) is 4.79 Å². The minimum absolute atomic E-state index is 0.174. The van der Waals surface area contributed by atoms with Crippen LogP contribution in [0, 0.1) is 5.41 Å². The molecule has 3 heterocycles. The number of rotatable bonds is 3. The second-order valence-electron chi connectivity index (χ2n) is 8.10. The number of nitrogen functional groups attached to an aromatic ring is 1. The van der Waals surface area contributed by atoms with Gasteiger partial charge in [-0.1, -0.05) is 12.1 Å². The number of carbonyl (C=O) groups excluding carboxylic acids is 1. The normalized spacial score (nSPS) is 18.4. The van der Waals surface area contributed by atoms with E-state index in [-0.39, 0.29) is 11.3 Å². The number of hydrogen-bond acceptors (Lipinski definition) is 5. The van der Waals surface area contributed by atoms with Crippen LogP contribution in [0.25, 0.3) is 11.0 Å². The largest absolute Gasteiger partial charge is 0.399 e. The van der Waals surface area contributed by atoms with E-state index >= 15 is 0 Å². The summed E-state index contributed by atoms with van der Waals surface area (Å²) >= 11 is 0. The molecule has 0 unspecified atom stereocenters. The van der Waals surface area contributed by atoms with Crippen LogP contribution in [0.5, 0.6) is 0 Å². The Balaban J connectivity index is 1.36. The molecule has 7 heteroatoms. The van der Waals surface area contributed by atoms with Crippen LogP contribution < -0.4 is 10.6 Å². The zero-order chi connectivity index (χ0) is 19.1. The topological polar surface area (TPSA) is 91.1 Å². The van der Waals surface area contributed by atoms with E-state index in [4.69, 9.17) is 5.73 Å². The number of aromatic amines is 1. The van der Waals surface area contributed by atoms with Crippen molar-refractivity contribution in [2.75, 3.05) is 36.8 Å². The van der Waals surface area contributed by atoms with E-state index in [0.29, 0.717) is 18.7 Å². The summed E-state index contributed by atoms with van der Waals surface area (Å²) in [6, 6.07) is 9.63. The highest BCUT2D eigenvalue weighted by Crippen LogP contribution is 2.48. The Hall–Kier alpha value is -3.09. The van der Waals surface area contributed by atoms with Crippen molar-refractivity contribution in [3.63, 3.8) is 0 Å². The Morgan fingerprint density at radius 3 is 2.89 bits per heavy atom. The van der Waals surface area contributed by atoms with Crippen LogP contribution in [0.2, 0.25) is 0 Å². The minimum atomic E-state index is 0.174. The molecular weight excluding hydrogens is 352 g/mol. The average molecular weight is 376 g/mol. The molecule has 5 rings (SSSR count). The van der Waals surface area contributed by atoms with Crippen LogP contribution in [0.1, 0.15) is 18.4 Å². The maximum atomic E-state index is 13.0. The van der Waals surface area contributed by atoms with E-state index in [1.54, 1.807) is 6.33 Å². The van der Waals surface area contributed by atoms with Crippen molar-refractivity contribution in [3.05, 3.63) is 48.4 Å². The number of aromatic nitrogens is 3. The molecule has 2 aromatic heterocycles. The summed E-state index contributed by atoms with van der Waals surface area (Å²) in [6.45, 7) is 3.25. The molecule has 28 heavy (non-hydrogen) atoms. The van der Waals surface area contributed by atoms with Crippen LogP contribution in [-0.2, 0) is 11.2 Å². The van der Waals surface area contributed by atoms with Crippen molar-refractivity contribution in [1.82, 2.24) is 19.9 Å². The summed E-state index contributed by atoms with van der Waals surface area (Å²) in [5.74, 6) is 1.14. The molecule has 3 N–H and O–H groups in total. The van der Waals surface area contributed by atoms with Crippen LogP contribution >= 0.6 is 0 Å². The molecule has 1 aliphatic heterocycles.